The molecule has 9 nitrogen and oxygen atoms in total. The van der Waals surface area contributed by atoms with E-state index in [-0.39, 0.29) is 29.8 Å². The van der Waals surface area contributed by atoms with Crippen molar-refractivity contribution in [1.82, 2.24) is 19.5 Å². The number of aromatic hydroxyl groups is 1. The summed E-state index contributed by atoms with van der Waals surface area (Å²) < 4.78 is 7.30. The van der Waals surface area contributed by atoms with E-state index in [0.29, 0.717) is 28.8 Å². The number of fused-ring (bicyclic) bond motifs is 1. The van der Waals surface area contributed by atoms with E-state index in [2.05, 4.69) is 15.0 Å². The van der Waals surface area contributed by atoms with Crippen molar-refractivity contribution >= 4 is 22.0 Å². The van der Waals surface area contributed by atoms with Gasteiger partial charge >= 0.3 is 0 Å². The van der Waals surface area contributed by atoms with Crippen molar-refractivity contribution in [2.75, 3.05) is 13.1 Å². The lowest BCUT2D eigenvalue weighted by Crippen LogP contribution is -2.47. The number of non-ortho nitro benzene ring substituents is 1. The summed E-state index contributed by atoms with van der Waals surface area (Å²) in [6.07, 6.45) is 0.0757. The maximum absolute atomic E-state index is 11.0. The molecule has 28 heavy (non-hydrogen) atoms. The molecule has 1 aliphatic rings. The van der Waals surface area contributed by atoms with Crippen molar-refractivity contribution in [3.8, 4) is 5.88 Å². The fraction of sp³-hybridized carbons (Fsp3) is 0.444. The van der Waals surface area contributed by atoms with Crippen LogP contribution in [0.2, 0.25) is 0 Å². The van der Waals surface area contributed by atoms with Crippen molar-refractivity contribution in [3.05, 3.63) is 50.6 Å². The van der Waals surface area contributed by atoms with E-state index in [1.54, 1.807) is 19.1 Å². The molecule has 2 aromatic heterocycles. The molecule has 1 saturated heterocycles. The summed E-state index contributed by atoms with van der Waals surface area (Å²) >= 11 is 1.38. The molecule has 0 radical (unpaired) electrons. The van der Waals surface area contributed by atoms with Crippen molar-refractivity contribution in [3.63, 3.8) is 0 Å². The molecule has 3 atom stereocenters. The number of morpholine rings is 1. The van der Waals surface area contributed by atoms with Crippen LogP contribution in [-0.4, -0.2) is 54.8 Å². The Labute approximate surface area is 165 Å². The van der Waals surface area contributed by atoms with Gasteiger partial charge < -0.3 is 9.84 Å². The van der Waals surface area contributed by atoms with Gasteiger partial charge in [0.05, 0.1) is 28.1 Å². The molecule has 3 aromatic rings. The number of aryl methyl sites for hydroxylation is 1. The van der Waals surface area contributed by atoms with Crippen molar-refractivity contribution in [2.45, 2.75) is 39.0 Å². The fourth-order valence-corrected chi connectivity index (χ4v) is 4.92. The Morgan fingerprint density at radius 2 is 1.93 bits per heavy atom. The molecule has 0 aliphatic carbocycles. The van der Waals surface area contributed by atoms with Gasteiger partial charge in [-0.25, -0.2) is 4.98 Å². The highest BCUT2D eigenvalue weighted by molar-refractivity contribution is 7.17. The van der Waals surface area contributed by atoms with Crippen molar-refractivity contribution < 1.29 is 14.8 Å². The third-order valence-corrected chi connectivity index (χ3v) is 5.86. The molecular formula is C18H21N5O4S. The quantitative estimate of drug-likeness (QED) is 0.527. The Balaban J connectivity index is 1.81. The number of nitro benzene ring substituents is 1. The highest BCUT2D eigenvalue weighted by Crippen LogP contribution is 2.41. The highest BCUT2D eigenvalue weighted by atomic mass is 32.1. The molecule has 0 amide bonds. The summed E-state index contributed by atoms with van der Waals surface area (Å²) in [5.41, 5.74) is 0.900. The molecule has 1 aromatic carbocycles. The zero-order chi connectivity index (χ0) is 20.0. The summed E-state index contributed by atoms with van der Waals surface area (Å²) in [4.78, 5) is 18.5. The van der Waals surface area contributed by atoms with E-state index in [4.69, 9.17) is 4.74 Å². The first-order valence-electron chi connectivity index (χ1n) is 9.02. The summed E-state index contributed by atoms with van der Waals surface area (Å²) in [6.45, 7) is 7.16. The van der Waals surface area contributed by atoms with Crippen LogP contribution in [0, 0.1) is 17.0 Å². The Morgan fingerprint density at radius 1 is 1.29 bits per heavy atom. The third-order valence-electron chi connectivity index (χ3n) is 4.79. The van der Waals surface area contributed by atoms with Crippen LogP contribution in [0.5, 0.6) is 5.88 Å². The van der Waals surface area contributed by atoms with Crippen LogP contribution in [0.4, 0.5) is 5.69 Å². The van der Waals surface area contributed by atoms with E-state index >= 15 is 0 Å². The van der Waals surface area contributed by atoms with Gasteiger partial charge in [-0.3, -0.25) is 15.0 Å². The maximum atomic E-state index is 11.0. The van der Waals surface area contributed by atoms with Gasteiger partial charge in [0.25, 0.3) is 5.69 Å². The molecule has 148 valence electrons. The maximum Gasteiger partial charge on any atom is 0.269 e. The SMILES string of the molecule is Cc1nc2sc([C@H](c3ccc([N+](=O)[O-])cc3)N3C[C@H](C)O[C@@H](C)C3)c(O)n2n1. The summed E-state index contributed by atoms with van der Waals surface area (Å²) in [7, 11) is 0. The molecule has 0 saturated carbocycles. The second kappa shape index (κ2) is 7.12. The van der Waals surface area contributed by atoms with Gasteiger partial charge in [0.2, 0.25) is 10.8 Å². The van der Waals surface area contributed by atoms with Gasteiger partial charge in [0.1, 0.15) is 5.82 Å². The topological polar surface area (TPSA) is 106 Å². The summed E-state index contributed by atoms with van der Waals surface area (Å²) in [6, 6.07) is 6.20. The van der Waals surface area contributed by atoms with E-state index in [1.165, 1.54) is 28.0 Å². The van der Waals surface area contributed by atoms with Crippen LogP contribution in [-0.2, 0) is 4.74 Å². The monoisotopic (exact) mass is 403 g/mol. The second-order valence-electron chi connectivity index (χ2n) is 7.11. The van der Waals surface area contributed by atoms with Crippen LogP contribution in [0.15, 0.2) is 24.3 Å². The van der Waals surface area contributed by atoms with E-state index < -0.39 is 4.92 Å². The number of hydrogen-bond acceptors (Lipinski definition) is 8. The lowest BCUT2D eigenvalue weighted by molar-refractivity contribution is -0.384. The van der Waals surface area contributed by atoms with Gasteiger partial charge in [-0.15, -0.1) is 5.10 Å². The first-order chi connectivity index (χ1) is 13.3. The number of nitrogens with zero attached hydrogens (tertiary/aromatic N) is 5. The van der Waals surface area contributed by atoms with Crippen molar-refractivity contribution in [1.29, 1.82) is 0 Å². The van der Waals surface area contributed by atoms with Crippen LogP contribution < -0.4 is 0 Å². The minimum atomic E-state index is -0.416. The molecule has 1 aliphatic heterocycles. The molecule has 0 bridgehead atoms. The van der Waals surface area contributed by atoms with Gasteiger partial charge in [0, 0.05) is 25.2 Å². The minimum absolute atomic E-state index is 0.0358. The molecule has 1 N–H and O–H groups in total. The van der Waals surface area contributed by atoms with E-state index in [0.717, 1.165) is 5.56 Å². The molecular weight excluding hydrogens is 382 g/mol. The molecule has 1 fully saturated rings. The Morgan fingerprint density at radius 3 is 2.50 bits per heavy atom. The average molecular weight is 403 g/mol. The lowest BCUT2D eigenvalue weighted by Gasteiger charge is -2.40. The number of aromatic nitrogens is 3. The predicted octanol–water partition coefficient (Wildman–Crippen LogP) is 2.91. The van der Waals surface area contributed by atoms with Crippen LogP contribution >= 0.6 is 11.3 Å². The first kappa shape index (κ1) is 18.8. The Kier molecular flexibility index (Phi) is 4.77. The molecule has 4 rings (SSSR count). The molecule has 0 spiro atoms. The Bertz CT molecular complexity index is 1010. The van der Waals surface area contributed by atoms with Gasteiger partial charge in [-0.05, 0) is 26.3 Å². The van der Waals surface area contributed by atoms with Gasteiger partial charge in [0.15, 0.2) is 0 Å². The number of benzene rings is 1. The van der Waals surface area contributed by atoms with Crippen LogP contribution in [0.1, 0.15) is 36.2 Å². The van der Waals surface area contributed by atoms with Crippen LogP contribution in [0.25, 0.3) is 4.96 Å². The molecule has 10 heteroatoms. The zero-order valence-corrected chi connectivity index (χ0v) is 16.6. The summed E-state index contributed by atoms with van der Waals surface area (Å²) in [5, 5.41) is 26.1. The fourth-order valence-electron chi connectivity index (χ4n) is 3.76. The van der Waals surface area contributed by atoms with Gasteiger partial charge in [-0.2, -0.15) is 4.52 Å². The normalized spacial score (nSPS) is 21.8. The highest BCUT2D eigenvalue weighted by Gasteiger charge is 2.34. The smallest absolute Gasteiger partial charge is 0.269 e. The third kappa shape index (κ3) is 3.34. The standard InChI is InChI=1S/C18H21N5O4S/c1-10-8-21(9-11(2)27-10)15(13-4-6-14(7-5-13)23(25)26)16-17(24)22-18(28-16)19-12(3)20-22/h4-7,10-11,15,24H,8-9H2,1-3H3/t10-,11-,15-/m0/s1. The van der Waals surface area contributed by atoms with Crippen LogP contribution in [0.3, 0.4) is 0 Å². The molecule has 0 unspecified atom stereocenters. The minimum Gasteiger partial charge on any atom is -0.492 e. The number of rotatable bonds is 4. The van der Waals surface area contributed by atoms with Crippen molar-refractivity contribution in [2.24, 2.45) is 0 Å². The Hall–Kier alpha value is -2.56. The number of nitro groups is 1. The average Bonchev–Trinajstić information content (AvgIpc) is 3.13. The first-order valence-corrected chi connectivity index (χ1v) is 9.84. The van der Waals surface area contributed by atoms with E-state index in [9.17, 15) is 15.2 Å². The molecule has 3 heterocycles. The van der Waals surface area contributed by atoms with Gasteiger partial charge in [-0.1, -0.05) is 23.5 Å². The summed E-state index contributed by atoms with van der Waals surface area (Å²) in [5.74, 6) is 0.643. The lowest BCUT2D eigenvalue weighted by atomic mass is 10.0. The predicted molar refractivity (Wildman–Crippen MR) is 104 cm³/mol. The number of ether oxygens (including phenoxy) is 1. The van der Waals surface area contributed by atoms with E-state index in [1.807, 2.05) is 13.8 Å². The zero-order valence-electron chi connectivity index (χ0n) is 15.8. The second-order valence-corrected chi connectivity index (χ2v) is 8.11. The largest absolute Gasteiger partial charge is 0.492 e. The number of hydrogen-bond donors (Lipinski definition) is 1. The number of thiazole rings is 1.